The molecule has 0 radical (unpaired) electrons. The van der Waals surface area contributed by atoms with Crippen molar-refractivity contribution < 1.29 is 4.74 Å². The minimum absolute atomic E-state index is 0.132. The Bertz CT molecular complexity index is 826. The molecule has 3 aromatic rings. The minimum Gasteiger partial charge on any atom is -0.489 e. The van der Waals surface area contributed by atoms with Gasteiger partial charge in [-0.1, -0.05) is 29.8 Å². The van der Waals surface area contributed by atoms with E-state index in [4.69, 9.17) is 4.74 Å². The Kier molecular flexibility index (Phi) is 4.01. The van der Waals surface area contributed by atoms with Crippen molar-refractivity contribution in [2.24, 2.45) is 0 Å². The van der Waals surface area contributed by atoms with Crippen LogP contribution in [0.25, 0.3) is 5.69 Å². The van der Waals surface area contributed by atoms with E-state index in [1.54, 1.807) is 41.4 Å². The van der Waals surface area contributed by atoms with Gasteiger partial charge in [-0.15, -0.1) is 0 Å². The normalized spacial score (nSPS) is 10.4. The Balaban J connectivity index is 1.77. The Morgan fingerprint density at radius 2 is 1.91 bits per heavy atom. The zero-order valence-corrected chi connectivity index (χ0v) is 12.3. The molecule has 1 aromatic carbocycles. The van der Waals surface area contributed by atoms with Crippen molar-refractivity contribution in [3.05, 3.63) is 88.6 Å². The topological polar surface area (TPSA) is 44.1 Å². The zero-order valence-electron chi connectivity index (χ0n) is 12.3. The number of hydrogen-bond donors (Lipinski definition) is 0. The molecule has 0 amide bonds. The number of aromatic nitrogens is 2. The van der Waals surface area contributed by atoms with Crippen LogP contribution in [0.3, 0.4) is 0 Å². The number of rotatable bonds is 4. The molecule has 0 saturated heterocycles. The Labute approximate surface area is 128 Å². The average molecular weight is 292 g/mol. The van der Waals surface area contributed by atoms with Gasteiger partial charge >= 0.3 is 0 Å². The summed E-state index contributed by atoms with van der Waals surface area (Å²) >= 11 is 0. The molecule has 0 aliphatic rings. The van der Waals surface area contributed by atoms with Gasteiger partial charge in [-0.05, 0) is 30.7 Å². The summed E-state index contributed by atoms with van der Waals surface area (Å²) in [4.78, 5) is 16.1. The average Bonchev–Trinajstić information content (AvgIpc) is 2.54. The van der Waals surface area contributed by atoms with Crippen LogP contribution in [0, 0.1) is 6.92 Å². The first-order valence-electron chi connectivity index (χ1n) is 7.04. The fraction of sp³-hybridized carbons (Fsp3) is 0.111. The maximum atomic E-state index is 12.2. The molecule has 0 unspecified atom stereocenters. The van der Waals surface area contributed by atoms with Crippen LogP contribution in [-0.4, -0.2) is 9.55 Å². The number of benzene rings is 1. The fourth-order valence-electron chi connectivity index (χ4n) is 2.24. The molecule has 22 heavy (non-hydrogen) atoms. The highest BCUT2D eigenvalue weighted by atomic mass is 16.5. The van der Waals surface area contributed by atoms with Gasteiger partial charge in [0.1, 0.15) is 12.4 Å². The lowest BCUT2D eigenvalue weighted by Crippen LogP contribution is -2.16. The summed E-state index contributed by atoms with van der Waals surface area (Å²) in [6, 6.07) is 15.0. The van der Waals surface area contributed by atoms with E-state index in [9.17, 15) is 4.79 Å². The first-order valence-corrected chi connectivity index (χ1v) is 7.04. The third kappa shape index (κ3) is 3.23. The summed E-state index contributed by atoms with van der Waals surface area (Å²) in [7, 11) is 0. The first kappa shape index (κ1) is 14.1. The molecular weight excluding hydrogens is 276 g/mol. The van der Waals surface area contributed by atoms with Gasteiger partial charge in [0, 0.05) is 24.7 Å². The summed E-state index contributed by atoms with van der Waals surface area (Å²) in [6.45, 7) is 2.49. The molecule has 3 rings (SSSR count). The number of aryl methyl sites for hydroxylation is 1. The van der Waals surface area contributed by atoms with Crippen molar-refractivity contribution in [2.75, 3.05) is 0 Å². The maximum absolute atomic E-state index is 12.2. The first-order chi connectivity index (χ1) is 10.7. The van der Waals surface area contributed by atoms with Crippen molar-refractivity contribution in [2.45, 2.75) is 13.5 Å². The van der Waals surface area contributed by atoms with Crippen LogP contribution in [0.5, 0.6) is 5.75 Å². The van der Waals surface area contributed by atoms with Crippen LogP contribution < -0.4 is 10.3 Å². The standard InChI is InChI=1S/C18H16N2O2/c1-14-3-2-4-15(11-14)13-22-17-7-10-20(18(21)12-17)16-5-8-19-9-6-16/h2-12H,13H2,1H3. The minimum atomic E-state index is -0.132. The van der Waals surface area contributed by atoms with Crippen molar-refractivity contribution in [3.63, 3.8) is 0 Å². The molecule has 0 atom stereocenters. The lowest BCUT2D eigenvalue weighted by atomic mass is 10.1. The smallest absolute Gasteiger partial charge is 0.258 e. The highest BCUT2D eigenvalue weighted by Gasteiger charge is 2.02. The largest absolute Gasteiger partial charge is 0.489 e. The molecule has 0 spiro atoms. The Morgan fingerprint density at radius 1 is 1.09 bits per heavy atom. The van der Waals surface area contributed by atoms with Gasteiger partial charge in [-0.3, -0.25) is 14.3 Å². The fourth-order valence-corrected chi connectivity index (χ4v) is 2.24. The molecule has 0 fully saturated rings. The third-order valence-electron chi connectivity index (χ3n) is 3.32. The second kappa shape index (κ2) is 6.26. The van der Waals surface area contributed by atoms with Gasteiger partial charge in [0.2, 0.25) is 0 Å². The molecular formula is C18H16N2O2. The van der Waals surface area contributed by atoms with E-state index < -0.39 is 0 Å². The van der Waals surface area contributed by atoms with Crippen LogP contribution in [0.2, 0.25) is 0 Å². The highest BCUT2D eigenvalue weighted by Crippen LogP contribution is 2.12. The maximum Gasteiger partial charge on any atom is 0.258 e. The van der Waals surface area contributed by atoms with E-state index in [0.29, 0.717) is 12.4 Å². The van der Waals surface area contributed by atoms with Gasteiger partial charge in [0.15, 0.2) is 0 Å². The predicted octanol–water partition coefficient (Wildman–Crippen LogP) is 3.12. The van der Waals surface area contributed by atoms with Crippen molar-refractivity contribution in [3.8, 4) is 11.4 Å². The van der Waals surface area contributed by atoms with E-state index >= 15 is 0 Å². The van der Waals surface area contributed by atoms with E-state index in [2.05, 4.69) is 11.1 Å². The molecule has 0 N–H and O–H groups in total. The summed E-state index contributed by atoms with van der Waals surface area (Å²) < 4.78 is 7.25. The summed E-state index contributed by atoms with van der Waals surface area (Å²) in [5.41, 5.74) is 2.92. The monoisotopic (exact) mass is 292 g/mol. The van der Waals surface area contributed by atoms with Crippen LogP contribution in [-0.2, 0) is 6.61 Å². The van der Waals surface area contributed by atoms with Crippen molar-refractivity contribution in [1.29, 1.82) is 0 Å². The third-order valence-corrected chi connectivity index (χ3v) is 3.32. The van der Waals surface area contributed by atoms with Crippen LogP contribution in [0.1, 0.15) is 11.1 Å². The Morgan fingerprint density at radius 3 is 2.64 bits per heavy atom. The van der Waals surface area contributed by atoms with E-state index in [0.717, 1.165) is 11.3 Å². The number of ether oxygens (including phenoxy) is 1. The lowest BCUT2D eigenvalue weighted by molar-refractivity contribution is 0.305. The molecule has 2 heterocycles. The highest BCUT2D eigenvalue weighted by molar-refractivity contribution is 5.32. The van der Waals surface area contributed by atoms with E-state index in [1.807, 2.05) is 25.1 Å². The lowest BCUT2D eigenvalue weighted by Gasteiger charge is -2.09. The van der Waals surface area contributed by atoms with Crippen molar-refractivity contribution >= 4 is 0 Å². The number of pyridine rings is 2. The molecule has 0 aliphatic carbocycles. The molecule has 4 nitrogen and oxygen atoms in total. The van der Waals surface area contributed by atoms with Gasteiger partial charge in [-0.2, -0.15) is 0 Å². The number of hydrogen-bond acceptors (Lipinski definition) is 3. The predicted molar refractivity (Wildman–Crippen MR) is 85.3 cm³/mol. The summed E-state index contributed by atoms with van der Waals surface area (Å²) in [5.74, 6) is 0.566. The van der Waals surface area contributed by atoms with Gasteiger partial charge in [-0.25, -0.2) is 0 Å². The second-order valence-corrected chi connectivity index (χ2v) is 5.05. The summed E-state index contributed by atoms with van der Waals surface area (Å²) in [5, 5.41) is 0. The quantitative estimate of drug-likeness (QED) is 0.742. The van der Waals surface area contributed by atoms with Gasteiger partial charge in [0.05, 0.1) is 5.69 Å². The summed E-state index contributed by atoms with van der Waals surface area (Å²) in [6.07, 6.45) is 5.02. The SMILES string of the molecule is Cc1cccc(COc2ccn(-c3ccncc3)c(=O)c2)c1. The molecule has 0 saturated carbocycles. The zero-order chi connectivity index (χ0) is 15.4. The van der Waals surface area contributed by atoms with Crippen molar-refractivity contribution in [1.82, 2.24) is 9.55 Å². The van der Waals surface area contributed by atoms with Crippen LogP contribution in [0.15, 0.2) is 71.9 Å². The van der Waals surface area contributed by atoms with Crippen LogP contribution in [0.4, 0.5) is 0 Å². The molecule has 2 aromatic heterocycles. The number of nitrogens with zero attached hydrogens (tertiary/aromatic N) is 2. The Hall–Kier alpha value is -2.88. The van der Waals surface area contributed by atoms with E-state index in [-0.39, 0.29) is 5.56 Å². The second-order valence-electron chi connectivity index (χ2n) is 5.05. The molecule has 0 aliphatic heterocycles. The molecule has 110 valence electrons. The van der Waals surface area contributed by atoms with Gasteiger partial charge < -0.3 is 4.74 Å². The molecule has 4 heteroatoms. The molecule has 0 bridgehead atoms. The van der Waals surface area contributed by atoms with Gasteiger partial charge in [0.25, 0.3) is 5.56 Å². The van der Waals surface area contributed by atoms with Crippen LogP contribution >= 0.6 is 0 Å². The van der Waals surface area contributed by atoms with E-state index in [1.165, 1.54) is 11.6 Å².